The van der Waals surface area contributed by atoms with Gasteiger partial charge in [-0.2, -0.15) is 8.42 Å². The Morgan fingerprint density at radius 2 is 1.97 bits per heavy atom. The van der Waals surface area contributed by atoms with Gasteiger partial charge < -0.3 is 25.8 Å². The van der Waals surface area contributed by atoms with E-state index in [4.69, 9.17) is 4.74 Å². The summed E-state index contributed by atoms with van der Waals surface area (Å²) in [6, 6.07) is -2.49. The normalized spacial score (nSPS) is 28.4. The number of rotatable bonds is 11. The number of aliphatic hydroxyl groups excluding tert-OH is 1. The molecule has 3 aliphatic rings. The molecule has 7 atom stereocenters. The molecule has 0 aromatic rings. The van der Waals surface area contributed by atoms with E-state index in [9.17, 15) is 32.5 Å². The van der Waals surface area contributed by atoms with Gasteiger partial charge >= 0.3 is 6.09 Å². The molecule has 1 aliphatic heterocycles. The second-order valence-electron chi connectivity index (χ2n) is 10.00. The monoisotopic (exact) mass is 501 g/mol. The molecular formula is C22H35N3O8S. The first-order chi connectivity index (χ1) is 15.9. The van der Waals surface area contributed by atoms with Crippen LogP contribution in [0.4, 0.5) is 4.79 Å². The van der Waals surface area contributed by atoms with E-state index in [-0.39, 0.29) is 37.2 Å². The van der Waals surface area contributed by atoms with Crippen LogP contribution < -0.4 is 16.0 Å². The van der Waals surface area contributed by atoms with E-state index < -0.39 is 45.6 Å². The maximum absolute atomic E-state index is 13.0. The Kier molecular flexibility index (Phi) is 8.58. The highest BCUT2D eigenvalue weighted by Gasteiger charge is 2.39. The second-order valence-corrected chi connectivity index (χ2v) is 11.5. The van der Waals surface area contributed by atoms with Crippen molar-refractivity contribution in [1.29, 1.82) is 0 Å². The van der Waals surface area contributed by atoms with Gasteiger partial charge in [0.25, 0.3) is 10.1 Å². The zero-order valence-electron chi connectivity index (χ0n) is 19.5. The fourth-order valence-electron chi connectivity index (χ4n) is 5.07. The van der Waals surface area contributed by atoms with Gasteiger partial charge in [-0.05, 0) is 49.9 Å². The van der Waals surface area contributed by atoms with E-state index in [1.165, 1.54) is 0 Å². The summed E-state index contributed by atoms with van der Waals surface area (Å²) in [5.41, 5.74) is -2.32. The molecule has 5 N–H and O–H groups in total. The number of amides is 3. The van der Waals surface area contributed by atoms with Crippen molar-refractivity contribution in [2.75, 3.05) is 13.2 Å². The van der Waals surface area contributed by atoms with Gasteiger partial charge in [0.05, 0.1) is 12.6 Å². The van der Waals surface area contributed by atoms with E-state index in [0.717, 1.165) is 12.8 Å². The molecule has 4 unspecified atom stereocenters. The Hall–Kier alpha value is -2.18. The van der Waals surface area contributed by atoms with Gasteiger partial charge in [0.1, 0.15) is 6.04 Å². The average molecular weight is 502 g/mol. The predicted octanol–water partition coefficient (Wildman–Crippen LogP) is 0.557. The molecule has 0 radical (unpaired) electrons. The number of carbonyl (C=O) groups is 3. The average Bonchev–Trinajstić information content (AvgIpc) is 3.47. The number of nitrogens with one attached hydrogen (secondary N) is 3. The predicted molar refractivity (Wildman–Crippen MR) is 122 cm³/mol. The van der Waals surface area contributed by atoms with Crippen LogP contribution >= 0.6 is 0 Å². The van der Waals surface area contributed by atoms with E-state index in [1.54, 1.807) is 0 Å². The van der Waals surface area contributed by atoms with Crippen LogP contribution in [0.25, 0.3) is 0 Å². The molecule has 0 aromatic carbocycles. The standard InChI is InChI=1S/C22H35N3O8S/c1-12(2)7-17(25-22(29)33-11-16-9-13-3-4-14(16)8-13)20(27)24-18(21(28)34(30,31)32)10-15-5-6-23-19(15)26/h3-4,12-18,21,28H,5-11H2,1-2H3,(H,23,26)(H,24,27)(H,25,29)(H,30,31,32)/t13?,14?,15-,16?,17+,18+,21?/m1/s1. The Morgan fingerprint density at radius 3 is 2.50 bits per heavy atom. The number of aliphatic hydroxyl groups is 1. The van der Waals surface area contributed by atoms with Gasteiger partial charge in [-0.1, -0.05) is 26.0 Å². The topological polar surface area (TPSA) is 171 Å². The molecule has 2 fully saturated rings. The van der Waals surface area contributed by atoms with Crippen molar-refractivity contribution in [3.63, 3.8) is 0 Å². The van der Waals surface area contributed by atoms with Gasteiger partial charge in [0, 0.05) is 18.4 Å². The van der Waals surface area contributed by atoms with Crippen molar-refractivity contribution >= 4 is 28.0 Å². The summed E-state index contributed by atoms with van der Waals surface area (Å²) in [7, 11) is -4.91. The highest BCUT2D eigenvalue weighted by molar-refractivity contribution is 7.86. The third-order valence-corrected chi connectivity index (χ3v) is 7.78. The lowest BCUT2D eigenvalue weighted by atomic mass is 9.95. The second kappa shape index (κ2) is 11.0. The summed E-state index contributed by atoms with van der Waals surface area (Å²) in [5.74, 6) is -0.490. The van der Waals surface area contributed by atoms with Crippen molar-refractivity contribution in [2.24, 2.45) is 29.6 Å². The number of ether oxygens (including phenoxy) is 1. The largest absolute Gasteiger partial charge is 0.449 e. The molecule has 1 saturated carbocycles. The first-order valence-corrected chi connectivity index (χ1v) is 13.3. The van der Waals surface area contributed by atoms with Gasteiger partial charge in [-0.15, -0.1) is 0 Å². The van der Waals surface area contributed by atoms with Crippen LogP contribution in [-0.2, 0) is 24.4 Å². The molecule has 1 heterocycles. The minimum Gasteiger partial charge on any atom is -0.449 e. The Balaban J connectivity index is 1.61. The van der Waals surface area contributed by atoms with Crippen LogP contribution in [-0.4, -0.2) is 66.7 Å². The molecule has 12 heteroatoms. The minimum atomic E-state index is -4.91. The summed E-state index contributed by atoms with van der Waals surface area (Å²) >= 11 is 0. The lowest BCUT2D eigenvalue weighted by Gasteiger charge is -2.27. The van der Waals surface area contributed by atoms with Crippen LogP contribution in [0.2, 0.25) is 0 Å². The SMILES string of the molecule is CC(C)C[C@H](NC(=O)OCC1CC2C=CC1C2)C(=O)N[C@@H](C[C@H]1CCNC1=O)C(O)S(=O)(=O)O. The smallest absolute Gasteiger partial charge is 0.407 e. The van der Waals surface area contributed by atoms with Gasteiger partial charge in [0.15, 0.2) is 0 Å². The number of carbonyl (C=O) groups excluding carboxylic acids is 3. The number of alkyl carbamates (subject to hydrolysis) is 1. The molecule has 2 bridgehead atoms. The Morgan fingerprint density at radius 1 is 1.24 bits per heavy atom. The Labute approximate surface area is 199 Å². The lowest BCUT2D eigenvalue weighted by molar-refractivity contribution is -0.126. The Bertz CT molecular complexity index is 906. The summed E-state index contributed by atoms with van der Waals surface area (Å²) in [6.45, 7) is 4.34. The number of allylic oxidation sites excluding steroid dienone is 2. The molecule has 34 heavy (non-hydrogen) atoms. The highest BCUT2D eigenvalue weighted by atomic mass is 32.2. The summed E-state index contributed by atoms with van der Waals surface area (Å²) in [6.07, 6.45) is 6.08. The van der Waals surface area contributed by atoms with E-state index in [1.807, 2.05) is 13.8 Å². The number of hydrogen-bond donors (Lipinski definition) is 5. The minimum absolute atomic E-state index is 0.00249. The molecule has 3 amide bonds. The van der Waals surface area contributed by atoms with Gasteiger partial charge in [-0.25, -0.2) is 4.79 Å². The third kappa shape index (κ3) is 6.92. The zero-order valence-corrected chi connectivity index (χ0v) is 20.3. The van der Waals surface area contributed by atoms with Crippen LogP contribution in [0.15, 0.2) is 12.2 Å². The molecule has 0 aromatic heterocycles. The molecule has 2 aliphatic carbocycles. The van der Waals surface area contributed by atoms with Crippen molar-refractivity contribution in [1.82, 2.24) is 16.0 Å². The first kappa shape index (κ1) is 26.4. The van der Waals surface area contributed by atoms with Crippen LogP contribution in [0.1, 0.15) is 46.0 Å². The fraction of sp³-hybridized carbons (Fsp3) is 0.773. The van der Waals surface area contributed by atoms with Crippen molar-refractivity contribution in [2.45, 2.75) is 63.5 Å². The molecule has 0 spiro atoms. The fourth-order valence-corrected chi connectivity index (χ4v) is 5.66. The van der Waals surface area contributed by atoms with E-state index in [0.29, 0.717) is 24.8 Å². The molecule has 1 saturated heterocycles. The zero-order chi connectivity index (χ0) is 25.0. The first-order valence-electron chi connectivity index (χ1n) is 11.8. The summed E-state index contributed by atoms with van der Waals surface area (Å²) in [4.78, 5) is 37.4. The van der Waals surface area contributed by atoms with Gasteiger partial charge in [-0.3, -0.25) is 14.1 Å². The number of fused-ring (bicyclic) bond motifs is 2. The van der Waals surface area contributed by atoms with E-state index in [2.05, 4.69) is 28.1 Å². The number of hydrogen-bond acceptors (Lipinski definition) is 7. The van der Waals surface area contributed by atoms with Crippen LogP contribution in [0.5, 0.6) is 0 Å². The van der Waals surface area contributed by atoms with E-state index >= 15 is 0 Å². The van der Waals surface area contributed by atoms with Crippen molar-refractivity contribution in [3.8, 4) is 0 Å². The molecule has 11 nitrogen and oxygen atoms in total. The van der Waals surface area contributed by atoms with Crippen LogP contribution in [0, 0.1) is 29.6 Å². The lowest BCUT2D eigenvalue weighted by Crippen LogP contribution is -2.55. The molecule has 3 rings (SSSR count). The highest BCUT2D eigenvalue weighted by Crippen LogP contribution is 2.43. The van der Waals surface area contributed by atoms with Crippen molar-refractivity contribution in [3.05, 3.63) is 12.2 Å². The van der Waals surface area contributed by atoms with Crippen LogP contribution in [0.3, 0.4) is 0 Å². The maximum atomic E-state index is 13.0. The van der Waals surface area contributed by atoms with Gasteiger partial charge in [0.2, 0.25) is 17.3 Å². The quantitative estimate of drug-likeness (QED) is 0.202. The van der Waals surface area contributed by atoms with Crippen molar-refractivity contribution < 1.29 is 37.2 Å². The summed E-state index contributed by atoms with van der Waals surface area (Å²) in [5, 5.41) is 17.7. The molecule has 192 valence electrons. The molecular weight excluding hydrogens is 466 g/mol. The maximum Gasteiger partial charge on any atom is 0.407 e. The summed E-state index contributed by atoms with van der Waals surface area (Å²) < 4.78 is 37.8. The third-order valence-electron chi connectivity index (χ3n) is 6.84.